The first-order valence-electron chi connectivity index (χ1n) is 9.33. The molecule has 1 aliphatic heterocycles. The molecule has 1 fully saturated rings. The van der Waals surface area contributed by atoms with Crippen LogP contribution in [0.4, 0.5) is 10.5 Å². The molecular weight excluding hydrogens is 344 g/mol. The summed E-state index contributed by atoms with van der Waals surface area (Å²) in [6.07, 6.45) is 1.44. The van der Waals surface area contributed by atoms with Crippen LogP contribution in [0.5, 0.6) is 0 Å². The first-order valence-corrected chi connectivity index (χ1v) is 9.33. The number of amides is 3. The second-order valence-electron chi connectivity index (χ2n) is 7.19. The van der Waals surface area contributed by atoms with E-state index in [4.69, 9.17) is 4.52 Å². The second kappa shape index (κ2) is 8.24. The number of likely N-dealkylation sites (tertiary alicyclic amines) is 1. The number of carbonyl (C=O) groups excluding carboxylic acids is 2. The van der Waals surface area contributed by atoms with Gasteiger partial charge in [0.1, 0.15) is 5.56 Å². The van der Waals surface area contributed by atoms with Crippen LogP contribution in [0.25, 0.3) is 0 Å². The molecule has 3 rings (SSSR count). The van der Waals surface area contributed by atoms with Crippen molar-refractivity contribution in [1.29, 1.82) is 0 Å². The number of para-hydroxylation sites is 1. The highest BCUT2D eigenvalue weighted by molar-refractivity contribution is 5.96. The number of rotatable bonds is 4. The van der Waals surface area contributed by atoms with Crippen LogP contribution in [-0.4, -0.2) is 41.1 Å². The van der Waals surface area contributed by atoms with Crippen molar-refractivity contribution in [2.24, 2.45) is 0 Å². The van der Waals surface area contributed by atoms with Crippen molar-refractivity contribution in [3.8, 4) is 0 Å². The number of hydrogen-bond donors (Lipinski definition) is 2. The zero-order chi connectivity index (χ0) is 19.4. The number of hydrogen-bond acceptors (Lipinski definition) is 4. The largest absolute Gasteiger partial charge is 0.360 e. The fourth-order valence-corrected chi connectivity index (χ4v) is 3.27. The lowest BCUT2D eigenvalue weighted by Gasteiger charge is -2.32. The van der Waals surface area contributed by atoms with Crippen LogP contribution in [0.3, 0.4) is 0 Å². The van der Waals surface area contributed by atoms with Gasteiger partial charge in [0.15, 0.2) is 5.76 Å². The third-order valence-corrected chi connectivity index (χ3v) is 4.78. The van der Waals surface area contributed by atoms with Crippen molar-refractivity contribution < 1.29 is 14.1 Å². The molecule has 0 unspecified atom stereocenters. The molecule has 1 aliphatic rings. The van der Waals surface area contributed by atoms with E-state index in [1.165, 1.54) is 0 Å². The summed E-state index contributed by atoms with van der Waals surface area (Å²) in [6.45, 7) is 6.93. The van der Waals surface area contributed by atoms with Crippen LogP contribution >= 0.6 is 0 Å². The average Bonchev–Trinajstić information content (AvgIpc) is 3.05. The van der Waals surface area contributed by atoms with Gasteiger partial charge in [-0.25, -0.2) is 4.79 Å². The minimum atomic E-state index is -0.148. The molecule has 144 valence electrons. The van der Waals surface area contributed by atoms with E-state index in [-0.39, 0.29) is 23.9 Å². The number of anilines is 1. The van der Waals surface area contributed by atoms with E-state index in [0.29, 0.717) is 30.1 Å². The van der Waals surface area contributed by atoms with E-state index in [1.54, 1.807) is 11.8 Å². The Balaban J connectivity index is 1.53. The summed E-state index contributed by atoms with van der Waals surface area (Å²) < 4.78 is 5.30. The van der Waals surface area contributed by atoms with Gasteiger partial charge in [-0.15, -0.1) is 0 Å². The van der Waals surface area contributed by atoms with Crippen molar-refractivity contribution in [3.05, 3.63) is 47.3 Å². The molecule has 7 nitrogen and oxygen atoms in total. The van der Waals surface area contributed by atoms with E-state index < -0.39 is 0 Å². The lowest BCUT2D eigenvalue weighted by molar-refractivity contribution is 0.0916. The Kier molecular flexibility index (Phi) is 5.78. The SMILES string of the molecule is Cc1noc(C(C)C)c1C(=O)NC1CCN(C(=O)Nc2ccccc2)CC1. The van der Waals surface area contributed by atoms with Crippen LogP contribution < -0.4 is 10.6 Å². The molecule has 2 N–H and O–H groups in total. The van der Waals surface area contributed by atoms with Gasteiger partial charge in [0.05, 0.1) is 5.69 Å². The molecule has 0 spiro atoms. The van der Waals surface area contributed by atoms with Gasteiger partial charge in [0.25, 0.3) is 5.91 Å². The maximum Gasteiger partial charge on any atom is 0.321 e. The summed E-state index contributed by atoms with van der Waals surface area (Å²) in [5, 5.41) is 9.90. The fourth-order valence-electron chi connectivity index (χ4n) is 3.27. The first-order chi connectivity index (χ1) is 13.0. The molecule has 7 heteroatoms. The molecule has 0 atom stereocenters. The van der Waals surface area contributed by atoms with E-state index in [0.717, 1.165) is 18.5 Å². The van der Waals surface area contributed by atoms with Crippen molar-refractivity contribution in [2.45, 2.75) is 45.6 Å². The Bertz CT molecular complexity index is 793. The Morgan fingerprint density at radius 2 is 1.85 bits per heavy atom. The molecule has 3 amide bonds. The molecule has 0 aliphatic carbocycles. The molecule has 2 heterocycles. The molecule has 1 aromatic carbocycles. The summed E-state index contributed by atoms with van der Waals surface area (Å²) in [7, 11) is 0. The van der Waals surface area contributed by atoms with Crippen LogP contribution in [0, 0.1) is 6.92 Å². The number of nitrogens with zero attached hydrogens (tertiary/aromatic N) is 2. The Labute approximate surface area is 159 Å². The van der Waals surface area contributed by atoms with Gasteiger partial charge < -0.3 is 20.1 Å². The minimum absolute atomic E-state index is 0.0348. The number of aryl methyl sites for hydroxylation is 1. The Morgan fingerprint density at radius 3 is 2.48 bits per heavy atom. The quantitative estimate of drug-likeness (QED) is 0.862. The maximum absolute atomic E-state index is 12.7. The van der Waals surface area contributed by atoms with Crippen molar-refractivity contribution in [3.63, 3.8) is 0 Å². The number of benzene rings is 1. The summed E-state index contributed by atoms with van der Waals surface area (Å²) in [5.74, 6) is 0.560. The average molecular weight is 370 g/mol. The molecule has 27 heavy (non-hydrogen) atoms. The predicted octanol–water partition coefficient (Wildman–Crippen LogP) is 3.53. The highest BCUT2D eigenvalue weighted by Crippen LogP contribution is 2.23. The van der Waals surface area contributed by atoms with Gasteiger partial charge in [-0.05, 0) is 31.9 Å². The monoisotopic (exact) mass is 370 g/mol. The molecule has 1 saturated heterocycles. The summed E-state index contributed by atoms with van der Waals surface area (Å²) in [6, 6.07) is 9.32. The van der Waals surface area contributed by atoms with Crippen LogP contribution in [0.2, 0.25) is 0 Å². The van der Waals surface area contributed by atoms with Gasteiger partial charge in [-0.3, -0.25) is 4.79 Å². The van der Waals surface area contributed by atoms with Gasteiger partial charge in [0.2, 0.25) is 0 Å². The third kappa shape index (κ3) is 4.48. The first kappa shape index (κ1) is 18.9. The summed E-state index contributed by atoms with van der Waals surface area (Å²) in [4.78, 5) is 26.8. The molecule has 0 saturated carbocycles. The zero-order valence-electron chi connectivity index (χ0n) is 16.0. The molecule has 1 aromatic heterocycles. The molecular formula is C20H26N4O3. The van der Waals surface area contributed by atoms with E-state index >= 15 is 0 Å². The van der Waals surface area contributed by atoms with Crippen molar-refractivity contribution in [1.82, 2.24) is 15.4 Å². The van der Waals surface area contributed by atoms with E-state index in [2.05, 4.69) is 15.8 Å². The molecule has 2 aromatic rings. The zero-order valence-corrected chi connectivity index (χ0v) is 16.0. The number of aromatic nitrogens is 1. The number of urea groups is 1. The molecule has 0 bridgehead atoms. The second-order valence-corrected chi connectivity index (χ2v) is 7.19. The summed E-state index contributed by atoms with van der Waals surface area (Å²) in [5.41, 5.74) is 1.92. The highest BCUT2D eigenvalue weighted by Gasteiger charge is 2.27. The number of piperidine rings is 1. The smallest absolute Gasteiger partial charge is 0.321 e. The summed E-state index contributed by atoms with van der Waals surface area (Å²) >= 11 is 0. The maximum atomic E-state index is 12.7. The fraction of sp³-hybridized carbons (Fsp3) is 0.450. The number of carbonyl (C=O) groups is 2. The van der Waals surface area contributed by atoms with Crippen LogP contribution in [0.15, 0.2) is 34.9 Å². The van der Waals surface area contributed by atoms with Crippen LogP contribution in [0.1, 0.15) is 54.4 Å². The lowest BCUT2D eigenvalue weighted by atomic mass is 10.0. The third-order valence-electron chi connectivity index (χ3n) is 4.78. The topological polar surface area (TPSA) is 87.5 Å². The van der Waals surface area contributed by atoms with Gasteiger partial charge in [-0.1, -0.05) is 37.2 Å². The predicted molar refractivity (Wildman–Crippen MR) is 103 cm³/mol. The van der Waals surface area contributed by atoms with Crippen LogP contribution in [-0.2, 0) is 0 Å². The van der Waals surface area contributed by atoms with Crippen molar-refractivity contribution >= 4 is 17.6 Å². The minimum Gasteiger partial charge on any atom is -0.360 e. The van der Waals surface area contributed by atoms with Gasteiger partial charge in [-0.2, -0.15) is 0 Å². The standard InChI is InChI=1S/C20H26N4O3/c1-13(2)18-17(14(3)23-27-18)19(25)21-16-9-11-24(12-10-16)20(26)22-15-7-5-4-6-8-15/h4-8,13,16H,9-12H2,1-3H3,(H,21,25)(H,22,26). The lowest BCUT2D eigenvalue weighted by Crippen LogP contribution is -2.47. The van der Waals surface area contributed by atoms with E-state index in [1.807, 2.05) is 44.2 Å². The Morgan fingerprint density at radius 1 is 1.19 bits per heavy atom. The van der Waals surface area contributed by atoms with Gasteiger partial charge >= 0.3 is 6.03 Å². The highest BCUT2D eigenvalue weighted by atomic mass is 16.5. The van der Waals surface area contributed by atoms with Crippen molar-refractivity contribution in [2.75, 3.05) is 18.4 Å². The molecule has 0 radical (unpaired) electrons. The Hall–Kier alpha value is -2.83. The normalized spacial score (nSPS) is 15.0. The van der Waals surface area contributed by atoms with E-state index in [9.17, 15) is 9.59 Å². The number of nitrogens with one attached hydrogen (secondary N) is 2. The van der Waals surface area contributed by atoms with Gasteiger partial charge in [0, 0.05) is 30.7 Å².